The Morgan fingerprint density at radius 2 is 2.19 bits per heavy atom. The summed E-state index contributed by atoms with van der Waals surface area (Å²) in [5.41, 5.74) is 6.22. The first-order valence-corrected chi connectivity index (χ1v) is 7.17. The number of nitrogens with zero attached hydrogens (tertiary/aromatic N) is 2. The summed E-state index contributed by atoms with van der Waals surface area (Å²) < 4.78 is 26.4. The molecule has 1 heterocycles. The number of hydrogen-bond donors (Lipinski definition) is 1. The van der Waals surface area contributed by atoms with Gasteiger partial charge in [-0.3, -0.25) is 4.79 Å². The summed E-state index contributed by atoms with van der Waals surface area (Å²) in [5, 5.41) is 2.29. The summed E-state index contributed by atoms with van der Waals surface area (Å²) in [6, 6.07) is 3.04. The molecular formula is C14H15F2N3OS. The van der Waals surface area contributed by atoms with E-state index < -0.39 is 11.6 Å². The van der Waals surface area contributed by atoms with E-state index >= 15 is 0 Å². The van der Waals surface area contributed by atoms with Crippen LogP contribution in [0.1, 0.15) is 34.0 Å². The summed E-state index contributed by atoms with van der Waals surface area (Å²) in [7, 11) is 1.54. The molecule has 0 saturated carbocycles. The Labute approximate surface area is 125 Å². The molecule has 7 heteroatoms. The van der Waals surface area contributed by atoms with Crippen LogP contribution in [0.15, 0.2) is 23.6 Å². The van der Waals surface area contributed by atoms with Gasteiger partial charge in [0.1, 0.15) is 22.3 Å². The van der Waals surface area contributed by atoms with Gasteiger partial charge in [-0.1, -0.05) is 6.07 Å². The number of thiazole rings is 1. The number of amides is 1. The Morgan fingerprint density at radius 1 is 1.48 bits per heavy atom. The highest BCUT2D eigenvalue weighted by Crippen LogP contribution is 2.18. The predicted molar refractivity (Wildman–Crippen MR) is 76.9 cm³/mol. The van der Waals surface area contributed by atoms with Crippen molar-refractivity contribution < 1.29 is 13.6 Å². The topological polar surface area (TPSA) is 59.2 Å². The second-order valence-corrected chi connectivity index (χ2v) is 5.65. The van der Waals surface area contributed by atoms with Crippen LogP contribution in [-0.2, 0) is 6.54 Å². The molecule has 0 radical (unpaired) electrons. The van der Waals surface area contributed by atoms with E-state index in [9.17, 15) is 13.6 Å². The minimum Gasteiger partial charge on any atom is -0.336 e. The fourth-order valence-corrected chi connectivity index (χ4v) is 2.52. The lowest BCUT2D eigenvalue weighted by Crippen LogP contribution is -2.27. The first kappa shape index (κ1) is 15.5. The molecular weight excluding hydrogens is 296 g/mol. The van der Waals surface area contributed by atoms with Crippen molar-refractivity contribution >= 4 is 17.2 Å². The quantitative estimate of drug-likeness (QED) is 0.944. The number of carbonyl (C=O) groups is 1. The highest BCUT2D eigenvalue weighted by atomic mass is 32.1. The summed E-state index contributed by atoms with van der Waals surface area (Å²) in [4.78, 5) is 17.7. The molecule has 0 spiro atoms. The first-order chi connectivity index (χ1) is 9.88. The summed E-state index contributed by atoms with van der Waals surface area (Å²) in [6.45, 7) is 1.82. The van der Waals surface area contributed by atoms with Gasteiger partial charge in [0.05, 0.1) is 6.04 Å². The van der Waals surface area contributed by atoms with E-state index in [1.165, 1.54) is 29.4 Å². The minimum absolute atomic E-state index is 0.0377. The minimum atomic E-state index is -0.677. The Morgan fingerprint density at radius 3 is 2.76 bits per heavy atom. The molecule has 0 aliphatic rings. The van der Waals surface area contributed by atoms with Crippen molar-refractivity contribution in [2.24, 2.45) is 5.73 Å². The zero-order valence-electron chi connectivity index (χ0n) is 11.6. The molecule has 1 aromatic carbocycles. The molecule has 2 aromatic rings. The summed E-state index contributed by atoms with van der Waals surface area (Å²) in [5.74, 6) is -1.66. The summed E-state index contributed by atoms with van der Waals surface area (Å²) in [6.07, 6.45) is 0. The van der Waals surface area contributed by atoms with Gasteiger partial charge in [-0.2, -0.15) is 0 Å². The zero-order valence-corrected chi connectivity index (χ0v) is 12.5. The monoisotopic (exact) mass is 311 g/mol. The van der Waals surface area contributed by atoms with Crippen LogP contribution in [-0.4, -0.2) is 22.8 Å². The Hall–Kier alpha value is -1.86. The van der Waals surface area contributed by atoms with Gasteiger partial charge in [-0.25, -0.2) is 13.8 Å². The number of carbonyl (C=O) groups excluding carboxylic acids is 1. The van der Waals surface area contributed by atoms with Gasteiger partial charge in [0.25, 0.3) is 5.91 Å². The Bertz CT molecular complexity index is 657. The lowest BCUT2D eigenvalue weighted by Gasteiger charge is -2.16. The van der Waals surface area contributed by atoms with Crippen LogP contribution in [0.25, 0.3) is 0 Å². The smallest absolute Gasteiger partial charge is 0.273 e. The Kier molecular flexibility index (Phi) is 4.64. The number of rotatable bonds is 4. The second-order valence-electron chi connectivity index (χ2n) is 4.76. The van der Waals surface area contributed by atoms with Crippen LogP contribution in [0.3, 0.4) is 0 Å². The number of nitrogens with two attached hydrogens (primary N) is 1. The van der Waals surface area contributed by atoms with Crippen molar-refractivity contribution in [2.75, 3.05) is 7.05 Å². The van der Waals surface area contributed by atoms with E-state index in [0.717, 1.165) is 12.1 Å². The number of hydrogen-bond acceptors (Lipinski definition) is 4. The molecule has 2 N–H and O–H groups in total. The van der Waals surface area contributed by atoms with Gasteiger partial charge in [0.15, 0.2) is 0 Å². The van der Waals surface area contributed by atoms with E-state index in [4.69, 9.17) is 5.73 Å². The lowest BCUT2D eigenvalue weighted by molar-refractivity contribution is 0.0778. The molecule has 1 amide bonds. The average molecular weight is 311 g/mol. The maximum absolute atomic E-state index is 13.6. The summed E-state index contributed by atoms with van der Waals surface area (Å²) >= 11 is 1.31. The van der Waals surface area contributed by atoms with E-state index in [1.807, 2.05) is 0 Å². The molecule has 1 atom stereocenters. The molecule has 21 heavy (non-hydrogen) atoms. The highest BCUT2D eigenvalue weighted by Gasteiger charge is 2.18. The zero-order chi connectivity index (χ0) is 15.6. The van der Waals surface area contributed by atoms with E-state index in [2.05, 4.69) is 4.98 Å². The third-order valence-corrected chi connectivity index (χ3v) is 3.95. The molecule has 0 saturated heterocycles. The molecule has 0 fully saturated rings. The van der Waals surface area contributed by atoms with Gasteiger partial charge >= 0.3 is 0 Å². The van der Waals surface area contributed by atoms with Crippen molar-refractivity contribution in [1.82, 2.24) is 9.88 Å². The highest BCUT2D eigenvalue weighted by molar-refractivity contribution is 7.09. The van der Waals surface area contributed by atoms with Crippen LogP contribution in [0.2, 0.25) is 0 Å². The fraction of sp³-hybridized carbons (Fsp3) is 0.286. The van der Waals surface area contributed by atoms with Crippen molar-refractivity contribution in [3.05, 3.63) is 51.5 Å². The van der Waals surface area contributed by atoms with Crippen LogP contribution in [0.5, 0.6) is 0 Å². The van der Waals surface area contributed by atoms with Crippen molar-refractivity contribution in [2.45, 2.75) is 19.5 Å². The van der Waals surface area contributed by atoms with Gasteiger partial charge < -0.3 is 10.6 Å². The maximum atomic E-state index is 13.6. The SMILES string of the molecule is CC(N)c1nc(C(=O)N(C)Cc2ccc(F)cc2F)cs1. The van der Waals surface area contributed by atoms with Crippen LogP contribution in [0, 0.1) is 11.6 Å². The molecule has 0 bridgehead atoms. The largest absolute Gasteiger partial charge is 0.336 e. The first-order valence-electron chi connectivity index (χ1n) is 6.29. The normalized spacial score (nSPS) is 12.2. The lowest BCUT2D eigenvalue weighted by atomic mass is 10.2. The predicted octanol–water partition coefficient (Wildman–Crippen LogP) is 2.71. The van der Waals surface area contributed by atoms with Crippen molar-refractivity contribution in [3.63, 3.8) is 0 Å². The van der Waals surface area contributed by atoms with Gasteiger partial charge in [0.2, 0.25) is 0 Å². The molecule has 1 aromatic heterocycles. The number of halogens is 2. The average Bonchev–Trinajstić information content (AvgIpc) is 2.90. The molecule has 2 rings (SSSR count). The van der Waals surface area contributed by atoms with Crippen LogP contribution in [0.4, 0.5) is 8.78 Å². The molecule has 1 unspecified atom stereocenters. The van der Waals surface area contributed by atoms with Crippen LogP contribution < -0.4 is 5.73 Å². The second kappa shape index (κ2) is 6.28. The molecule has 112 valence electrons. The van der Waals surface area contributed by atoms with Crippen LogP contribution >= 0.6 is 11.3 Å². The Balaban J connectivity index is 2.11. The molecule has 0 aliphatic carbocycles. The standard InChI is InChI=1S/C14H15F2N3OS/c1-8(17)13-18-12(7-21-13)14(20)19(2)6-9-3-4-10(15)5-11(9)16/h3-5,7-8H,6,17H2,1-2H3. The number of aromatic nitrogens is 1. The van der Waals surface area contributed by atoms with Gasteiger partial charge in [0, 0.05) is 30.6 Å². The van der Waals surface area contributed by atoms with E-state index in [0.29, 0.717) is 5.01 Å². The van der Waals surface area contributed by atoms with Crippen molar-refractivity contribution in [3.8, 4) is 0 Å². The van der Waals surface area contributed by atoms with E-state index in [1.54, 1.807) is 12.3 Å². The molecule has 4 nitrogen and oxygen atoms in total. The third kappa shape index (κ3) is 3.62. The van der Waals surface area contributed by atoms with Crippen molar-refractivity contribution in [1.29, 1.82) is 0 Å². The third-order valence-electron chi connectivity index (χ3n) is 2.90. The van der Waals surface area contributed by atoms with Gasteiger partial charge in [-0.15, -0.1) is 11.3 Å². The fourth-order valence-electron chi connectivity index (χ4n) is 1.77. The van der Waals surface area contributed by atoms with Gasteiger partial charge in [-0.05, 0) is 13.0 Å². The number of benzene rings is 1. The molecule has 0 aliphatic heterocycles. The maximum Gasteiger partial charge on any atom is 0.273 e. The van der Waals surface area contributed by atoms with E-state index in [-0.39, 0.29) is 29.8 Å².